The van der Waals surface area contributed by atoms with Crippen LogP contribution < -0.4 is 0 Å². The summed E-state index contributed by atoms with van der Waals surface area (Å²) in [6.45, 7) is 0. The minimum atomic E-state index is 0.583. The van der Waals surface area contributed by atoms with Gasteiger partial charge < -0.3 is 8.83 Å². The normalized spacial score (nSPS) is 11.9. The fourth-order valence-corrected chi connectivity index (χ4v) is 9.46. The minimum Gasteiger partial charge on any atom is -0.456 e. The third-order valence-electron chi connectivity index (χ3n) is 12.3. The molecule has 0 aliphatic heterocycles. The van der Waals surface area contributed by atoms with Crippen molar-refractivity contribution in [3.63, 3.8) is 0 Å². The summed E-state index contributed by atoms with van der Waals surface area (Å²) >= 11 is 0. The van der Waals surface area contributed by atoms with Gasteiger partial charge in [-0.3, -0.25) is 0 Å². The summed E-state index contributed by atoms with van der Waals surface area (Å²) < 4.78 is 12.9. The molecule has 0 N–H and O–H groups in total. The van der Waals surface area contributed by atoms with Crippen LogP contribution in [-0.4, -0.2) is 15.0 Å². The van der Waals surface area contributed by atoms with E-state index in [-0.39, 0.29) is 0 Å². The highest BCUT2D eigenvalue weighted by atomic mass is 16.3. The second-order valence-corrected chi connectivity index (χ2v) is 15.9. The third-order valence-corrected chi connectivity index (χ3v) is 12.3. The first kappa shape index (κ1) is 34.5. The van der Waals surface area contributed by atoms with Gasteiger partial charge in [0.2, 0.25) is 0 Å². The van der Waals surface area contributed by atoms with Gasteiger partial charge in [0.1, 0.15) is 22.3 Å². The molecule has 0 bridgehead atoms. The zero-order valence-electron chi connectivity index (χ0n) is 33.2. The number of hydrogen-bond donors (Lipinski definition) is 0. The Morgan fingerprint density at radius 1 is 0.258 bits per heavy atom. The first-order chi connectivity index (χ1) is 30.7. The molecule has 0 amide bonds. The van der Waals surface area contributed by atoms with Gasteiger partial charge in [0.15, 0.2) is 17.5 Å². The largest absolute Gasteiger partial charge is 0.456 e. The Bertz CT molecular complexity index is 3950. The predicted molar refractivity (Wildman–Crippen MR) is 254 cm³/mol. The van der Waals surface area contributed by atoms with Crippen molar-refractivity contribution in [2.75, 3.05) is 0 Å². The van der Waals surface area contributed by atoms with E-state index in [1.54, 1.807) is 0 Å². The van der Waals surface area contributed by atoms with Gasteiger partial charge in [-0.2, -0.15) is 0 Å². The Hall–Kier alpha value is -8.41. The first-order valence-corrected chi connectivity index (χ1v) is 20.8. The van der Waals surface area contributed by atoms with Crippen LogP contribution in [0.1, 0.15) is 0 Å². The molecular formula is C57H33N3O2. The van der Waals surface area contributed by atoms with Crippen molar-refractivity contribution in [2.45, 2.75) is 0 Å². The van der Waals surface area contributed by atoms with E-state index < -0.39 is 0 Å². The molecule has 0 aliphatic carbocycles. The van der Waals surface area contributed by atoms with Crippen LogP contribution >= 0.6 is 0 Å². The van der Waals surface area contributed by atoms with E-state index in [0.717, 1.165) is 98.8 Å². The van der Waals surface area contributed by atoms with E-state index >= 15 is 0 Å². The fraction of sp³-hybridized carbons (Fsp3) is 0. The zero-order valence-corrected chi connectivity index (χ0v) is 33.2. The lowest BCUT2D eigenvalue weighted by Gasteiger charge is -2.14. The Morgan fingerprint density at radius 3 is 1.61 bits per heavy atom. The molecule has 3 heterocycles. The van der Waals surface area contributed by atoms with Gasteiger partial charge in [0.05, 0.1) is 0 Å². The summed E-state index contributed by atoms with van der Waals surface area (Å²) in [6, 6.07) is 69.9. The van der Waals surface area contributed by atoms with Gasteiger partial charge in [0.25, 0.3) is 0 Å². The molecule has 0 aliphatic rings. The van der Waals surface area contributed by atoms with Crippen molar-refractivity contribution in [2.24, 2.45) is 0 Å². The molecule has 10 aromatic carbocycles. The summed E-state index contributed by atoms with van der Waals surface area (Å²) in [5.41, 5.74) is 10.6. The van der Waals surface area contributed by atoms with E-state index in [1.807, 2.05) is 30.3 Å². The molecule has 0 fully saturated rings. The Morgan fingerprint density at radius 2 is 0.790 bits per heavy atom. The Labute approximate surface area is 355 Å². The number of furan rings is 2. The highest BCUT2D eigenvalue weighted by molar-refractivity contribution is 6.17. The van der Waals surface area contributed by atoms with Crippen LogP contribution in [0.5, 0.6) is 0 Å². The second-order valence-electron chi connectivity index (χ2n) is 15.9. The maximum absolute atomic E-state index is 6.55. The van der Waals surface area contributed by atoms with Crippen LogP contribution in [0.25, 0.3) is 133 Å². The predicted octanol–water partition coefficient (Wildman–Crippen LogP) is 15.5. The van der Waals surface area contributed by atoms with E-state index in [9.17, 15) is 0 Å². The molecule has 5 heteroatoms. The average Bonchev–Trinajstić information content (AvgIpc) is 3.92. The standard InChI is InChI=1S/C57H33N3O2/c1-2-14-36-32-38(27-26-34(36)12-1)55-58-56(60-57(59-55)47-22-11-25-52-54(47)46-19-7-8-23-49(46)61-52)45-30-29-43(41-17-5-6-18-42(41)45)44-21-10-24-51-53(44)48-33-37(28-31-50(48)62-51)40-20-9-15-35-13-3-4-16-39(35)40/h1-33H. The van der Waals surface area contributed by atoms with Gasteiger partial charge in [-0.15, -0.1) is 0 Å². The number of rotatable bonds is 5. The monoisotopic (exact) mass is 791 g/mol. The van der Waals surface area contributed by atoms with Crippen molar-refractivity contribution < 1.29 is 8.83 Å². The summed E-state index contributed by atoms with van der Waals surface area (Å²) in [6.07, 6.45) is 0. The molecule has 0 radical (unpaired) electrons. The summed E-state index contributed by atoms with van der Waals surface area (Å²) in [7, 11) is 0. The van der Waals surface area contributed by atoms with E-state index in [4.69, 9.17) is 23.8 Å². The molecule has 13 rings (SSSR count). The Balaban J connectivity index is 1.02. The molecule has 0 unspecified atom stereocenters. The first-order valence-electron chi connectivity index (χ1n) is 20.8. The van der Waals surface area contributed by atoms with E-state index in [0.29, 0.717) is 17.5 Å². The molecule has 0 spiro atoms. The lowest BCUT2D eigenvalue weighted by Crippen LogP contribution is -2.01. The smallest absolute Gasteiger partial charge is 0.164 e. The van der Waals surface area contributed by atoms with Crippen LogP contribution in [0.3, 0.4) is 0 Å². The second kappa shape index (κ2) is 13.6. The summed E-state index contributed by atoms with van der Waals surface area (Å²) in [4.78, 5) is 15.8. The lowest BCUT2D eigenvalue weighted by molar-refractivity contribution is 0.668. The van der Waals surface area contributed by atoms with Crippen LogP contribution in [0.2, 0.25) is 0 Å². The van der Waals surface area contributed by atoms with Gasteiger partial charge in [-0.05, 0) is 97.0 Å². The topological polar surface area (TPSA) is 65.0 Å². The highest BCUT2D eigenvalue weighted by Crippen LogP contribution is 2.44. The van der Waals surface area contributed by atoms with Gasteiger partial charge in [-0.1, -0.05) is 158 Å². The van der Waals surface area contributed by atoms with Gasteiger partial charge in [0, 0.05) is 38.2 Å². The van der Waals surface area contributed by atoms with Crippen LogP contribution in [-0.2, 0) is 0 Å². The number of benzene rings is 10. The molecule has 5 nitrogen and oxygen atoms in total. The molecule has 288 valence electrons. The SMILES string of the molecule is c1ccc2cc(-c3nc(-c4ccc(-c5cccc6oc7ccc(-c8cccc9ccccc89)cc7c56)c5ccccc45)nc(-c4cccc5oc6ccccc6c45)n3)ccc2c1. The summed E-state index contributed by atoms with van der Waals surface area (Å²) in [5, 5.41) is 11.0. The van der Waals surface area contributed by atoms with Crippen molar-refractivity contribution in [3.8, 4) is 56.4 Å². The number of para-hydroxylation sites is 1. The van der Waals surface area contributed by atoms with Gasteiger partial charge in [-0.25, -0.2) is 15.0 Å². The van der Waals surface area contributed by atoms with Crippen molar-refractivity contribution in [1.29, 1.82) is 0 Å². The average molecular weight is 792 g/mol. The molecule has 3 aromatic heterocycles. The van der Waals surface area contributed by atoms with Crippen LogP contribution in [0.15, 0.2) is 209 Å². The van der Waals surface area contributed by atoms with Crippen molar-refractivity contribution >= 4 is 76.2 Å². The maximum Gasteiger partial charge on any atom is 0.164 e. The number of nitrogens with zero attached hydrogens (tertiary/aromatic N) is 3. The Kier molecular flexibility index (Phi) is 7.54. The number of hydrogen-bond acceptors (Lipinski definition) is 5. The van der Waals surface area contributed by atoms with E-state index in [1.165, 1.54) is 16.3 Å². The van der Waals surface area contributed by atoms with Crippen LogP contribution in [0, 0.1) is 0 Å². The van der Waals surface area contributed by atoms with Crippen LogP contribution in [0.4, 0.5) is 0 Å². The van der Waals surface area contributed by atoms with E-state index in [2.05, 4.69) is 170 Å². The number of fused-ring (bicyclic) bond motifs is 9. The van der Waals surface area contributed by atoms with Crippen molar-refractivity contribution in [3.05, 3.63) is 200 Å². The molecule has 0 saturated heterocycles. The quantitative estimate of drug-likeness (QED) is 0.174. The summed E-state index contributed by atoms with van der Waals surface area (Å²) in [5.74, 6) is 1.78. The molecule has 0 atom stereocenters. The third kappa shape index (κ3) is 5.38. The minimum absolute atomic E-state index is 0.583. The highest BCUT2D eigenvalue weighted by Gasteiger charge is 2.21. The molecular weight excluding hydrogens is 759 g/mol. The molecule has 0 saturated carbocycles. The van der Waals surface area contributed by atoms with Gasteiger partial charge >= 0.3 is 0 Å². The molecule has 62 heavy (non-hydrogen) atoms. The lowest BCUT2D eigenvalue weighted by atomic mass is 9.91. The van der Waals surface area contributed by atoms with Crippen molar-refractivity contribution in [1.82, 2.24) is 15.0 Å². The molecule has 13 aromatic rings. The number of aromatic nitrogens is 3. The zero-order chi connectivity index (χ0) is 40.7. The fourth-order valence-electron chi connectivity index (χ4n) is 9.46. The maximum atomic E-state index is 6.55.